The monoisotopic (exact) mass is 307 g/mol. The summed E-state index contributed by atoms with van der Waals surface area (Å²) in [5, 5.41) is 4.26. The van der Waals surface area contributed by atoms with Gasteiger partial charge in [-0.15, -0.1) is 5.10 Å². The van der Waals surface area contributed by atoms with Gasteiger partial charge in [0.1, 0.15) is 12.1 Å². The number of halogens is 2. The topological polar surface area (TPSA) is 65.6 Å². The Balaban J connectivity index is 2.38. The standard InChI is InChI=1S/C14H11F2N3O3/c1-22-11(20)7-18-14(21)10-6-8-4-2-3-5-9(8)19(10)13(17-18)12(15)16/h2-6,12H,7H2,1H3. The Morgan fingerprint density at radius 2 is 2.05 bits per heavy atom. The third-order valence-corrected chi connectivity index (χ3v) is 3.32. The van der Waals surface area contributed by atoms with Gasteiger partial charge in [0.05, 0.1) is 12.6 Å². The second-order valence-electron chi connectivity index (χ2n) is 4.62. The Morgan fingerprint density at radius 1 is 1.32 bits per heavy atom. The first-order chi connectivity index (χ1) is 10.5. The Morgan fingerprint density at radius 3 is 2.73 bits per heavy atom. The van der Waals surface area contributed by atoms with Crippen LogP contribution in [0.4, 0.5) is 8.78 Å². The second-order valence-corrected chi connectivity index (χ2v) is 4.62. The number of para-hydroxylation sites is 1. The lowest BCUT2D eigenvalue weighted by Crippen LogP contribution is -2.30. The average molecular weight is 307 g/mol. The summed E-state index contributed by atoms with van der Waals surface area (Å²) in [4.78, 5) is 23.7. The van der Waals surface area contributed by atoms with Crippen molar-refractivity contribution in [1.29, 1.82) is 0 Å². The summed E-state index contributed by atoms with van der Waals surface area (Å²) >= 11 is 0. The fourth-order valence-electron chi connectivity index (χ4n) is 2.34. The highest BCUT2D eigenvalue weighted by Gasteiger charge is 2.21. The van der Waals surface area contributed by atoms with E-state index in [9.17, 15) is 18.4 Å². The minimum Gasteiger partial charge on any atom is -0.468 e. The smallest absolute Gasteiger partial charge is 0.327 e. The van der Waals surface area contributed by atoms with Gasteiger partial charge in [-0.3, -0.25) is 14.0 Å². The highest BCUT2D eigenvalue weighted by atomic mass is 19.3. The Bertz CT molecular complexity index is 930. The summed E-state index contributed by atoms with van der Waals surface area (Å²) in [6.45, 7) is -0.521. The zero-order valence-electron chi connectivity index (χ0n) is 11.5. The number of aromatic nitrogens is 3. The van der Waals surface area contributed by atoms with Crippen LogP contribution in [0.25, 0.3) is 16.4 Å². The first-order valence-corrected chi connectivity index (χ1v) is 6.39. The van der Waals surface area contributed by atoms with E-state index in [0.717, 1.165) is 11.5 Å². The largest absolute Gasteiger partial charge is 0.468 e. The lowest BCUT2D eigenvalue weighted by Gasteiger charge is -2.09. The van der Waals surface area contributed by atoms with Crippen LogP contribution in [0.2, 0.25) is 0 Å². The first kappa shape index (κ1) is 14.2. The van der Waals surface area contributed by atoms with Gasteiger partial charge in [0.15, 0.2) is 0 Å². The fraction of sp³-hybridized carbons (Fsp3) is 0.214. The molecule has 0 bridgehead atoms. The van der Waals surface area contributed by atoms with Crippen LogP contribution >= 0.6 is 0 Å². The molecule has 0 saturated heterocycles. The molecule has 0 spiro atoms. The molecule has 6 nitrogen and oxygen atoms in total. The fourth-order valence-corrected chi connectivity index (χ4v) is 2.34. The third kappa shape index (κ3) is 2.12. The van der Waals surface area contributed by atoms with Crippen LogP contribution in [0, 0.1) is 0 Å². The lowest BCUT2D eigenvalue weighted by molar-refractivity contribution is -0.141. The zero-order chi connectivity index (χ0) is 15.9. The SMILES string of the molecule is COC(=O)Cn1nc(C(F)F)n2c(cc3ccccc32)c1=O. The summed E-state index contributed by atoms with van der Waals surface area (Å²) in [5.41, 5.74) is -0.135. The van der Waals surface area contributed by atoms with Crippen molar-refractivity contribution in [3.05, 3.63) is 46.5 Å². The van der Waals surface area contributed by atoms with Crippen LogP contribution < -0.4 is 5.56 Å². The molecule has 0 saturated carbocycles. The van der Waals surface area contributed by atoms with Gasteiger partial charge in [0, 0.05) is 5.39 Å². The Labute approximate surface area is 122 Å². The minimum atomic E-state index is -2.90. The number of fused-ring (bicyclic) bond motifs is 3. The number of esters is 1. The molecule has 3 aromatic rings. The number of ether oxygens (including phenoxy) is 1. The van der Waals surface area contributed by atoms with E-state index in [1.165, 1.54) is 6.07 Å². The second kappa shape index (κ2) is 5.21. The van der Waals surface area contributed by atoms with E-state index in [-0.39, 0.29) is 5.52 Å². The average Bonchev–Trinajstić information content (AvgIpc) is 2.89. The van der Waals surface area contributed by atoms with Crippen molar-refractivity contribution in [2.24, 2.45) is 0 Å². The number of hydrogen-bond donors (Lipinski definition) is 0. The maximum absolute atomic E-state index is 13.3. The maximum atomic E-state index is 13.3. The van der Waals surface area contributed by atoms with Gasteiger partial charge in [-0.25, -0.2) is 13.5 Å². The maximum Gasteiger partial charge on any atom is 0.327 e. The van der Waals surface area contributed by atoms with Crippen molar-refractivity contribution >= 4 is 22.4 Å². The normalized spacial score (nSPS) is 11.5. The van der Waals surface area contributed by atoms with Gasteiger partial charge in [0.2, 0.25) is 5.82 Å². The molecule has 0 aliphatic carbocycles. The quantitative estimate of drug-likeness (QED) is 0.692. The Kier molecular flexibility index (Phi) is 3.36. The number of nitrogens with zero attached hydrogens (tertiary/aromatic N) is 3. The van der Waals surface area contributed by atoms with Crippen molar-refractivity contribution in [3.63, 3.8) is 0 Å². The molecule has 0 unspecified atom stereocenters. The molecule has 22 heavy (non-hydrogen) atoms. The molecule has 0 N–H and O–H groups in total. The molecule has 0 aliphatic heterocycles. The number of alkyl halides is 2. The van der Waals surface area contributed by atoms with E-state index >= 15 is 0 Å². The van der Waals surface area contributed by atoms with Gasteiger partial charge >= 0.3 is 5.97 Å². The summed E-state index contributed by atoms with van der Waals surface area (Å²) in [7, 11) is 1.14. The minimum absolute atomic E-state index is 0.0374. The highest BCUT2D eigenvalue weighted by Crippen LogP contribution is 2.23. The molecule has 0 radical (unpaired) electrons. The molecule has 0 fully saturated rings. The van der Waals surface area contributed by atoms with Crippen molar-refractivity contribution < 1.29 is 18.3 Å². The van der Waals surface area contributed by atoms with Crippen molar-refractivity contribution in [2.45, 2.75) is 13.0 Å². The van der Waals surface area contributed by atoms with Crippen molar-refractivity contribution in [2.75, 3.05) is 7.11 Å². The molecule has 2 aromatic heterocycles. The number of benzene rings is 1. The molecule has 3 rings (SSSR count). The zero-order valence-corrected chi connectivity index (χ0v) is 11.5. The summed E-state index contributed by atoms with van der Waals surface area (Å²) in [6, 6.07) is 8.26. The van der Waals surface area contributed by atoms with E-state index in [1.54, 1.807) is 24.3 Å². The molecule has 2 heterocycles. The van der Waals surface area contributed by atoms with Gasteiger partial charge in [0.25, 0.3) is 12.0 Å². The third-order valence-electron chi connectivity index (χ3n) is 3.32. The van der Waals surface area contributed by atoms with Crippen molar-refractivity contribution in [3.8, 4) is 0 Å². The number of methoxy groups -OCH3 is 1. The van der Waals surface area contributed by atoms with Crippen LogP contribution in [0.3, 0.4) is 0 Å². The summed E-state index contributed by atoms with van der Waals surface area (Å²) in [6.07, 6.45) is -2.90. The molecular formula is C14H11F2N3O3. The van der Waals surface area contributed by atoms with Crippen LogP contribution in [0.5, 0.6) is 0 Å². The van der Waals surface area contributed by atoms with Gasteiger partial charge in [-0.1, -0.05) is 18.2 Å². The number of rotatable bonds is 3. The molecular weight excluding hydrogens is 296 g/mol. The van der Waals surface area contributed by atoms with E-state index in [0.29, 0.717) is 15.6 Å². The van der Waals surface area contributed by atoms with E-state index in [4.69, 9.17) is 0 Å². The summed E-state index contributed by atoms with van der Waals surface area (Å²) < 4.78 is 32.9. The van der Waals surface area contributed by atoms with E-state index in [2.05, 4.69) is 9.84 Å². The van der Waals surface area contributed by atoms with E-state index < -0.39 is 30.3 Å². The predicted molar refractivity (Wildman–Crippen MR) is 73.9 cm³/mol. The summed E-state index contributed by atoms with van der Waals surface area (Å²) in [5.74, 6) is -1.34. The molecule has 0 aliphatic rings. The Hall–Kier alpha value is -2.77. The van der Waals surface area contributed by atoms with Crippen molar-refractivity contribution in [1.82, 2.24) is 14.2 Å². The highest BCUT2D eigenvalue weighted by molar-refractivity contribution is 5.87. The van der Waals surface area contributed by atoms with Crippen LogP contribution in [-0.4, -0.2) is 27.3 Å². The van der Waals surface area contributed by atoms with Gasteiger partial charge < -0.3 is 4.74 Å². The van der Waals surface area contributed by atoms with Gasteiger partial charge in [-0.05, 0) is 12.1 Å². The van der Waals surface area contributed by atoms with Crippen LogP contribution in [0.15, 0.2) is 35.1 Å². The molecule has 1 aromatic carbocycles. The molecule has 0 atom stereocenters. The van der Waals surface area contributed by atoms with Gasteiger partial charge in [-0.2, -0.15) is 0 Å². The molecule has 8 heteroatoms. The predicted octanol–water partition coefficient (Wildman–Crippen LogP) is 1.76. The number of hydrogen-bond acceptors (Lipinski definition) is 4. The number of carbonyl (C=O) groups is 1. The van der Waals surface area contributed by atoms with Crippen LogP contribution in [0.1, 0.15) is 12.2 Å². The number of carbonyl (C=O) groups excluding carboxylic acids is 1. The molecule has 0 amide bonds. The van der Waals surface area contributed by atoms with E-state index in [1.807, 2.05) is 0 Å². The molecule has 114 valence electrons. The first-order valence-electron chi connectivity index (χ1n) is 6.39. The lowest BCUT2D eigenvalue weighted by atomic mass is 10.2. The van der Waals surface area contributed by atoms with Crippen LogP contribution in [-0.2, 0) is 16.1 Å².